The van der Waals surface area contributed by atoms with Gasteiger partial charge in [-0.15, -0.1) is 0 Å². The van der Waals surface area contributed by atoms with Crippen molar-refractivity contribution in [2.24, 2.45) is 0 Å². The molecule has 1 N–H and O–H groups in total. The number of para-hydroxylation sites is 1. The lowest BCUT2D eigenvalue weighted by Crippen LogP contribution is -2.04. The number of benzene rings is 2. The molecule has 0 saturated heterocycles. The molecule has 4 heteroatoms. The standard InChI is InChI=1S/C16H15FN2O/c1-12-8-14(17)10-15(9-12)19-11-13-4-2-3-5-16(13)20-7-6-18/h2-5,8-10,19H,7,11H2,1H3. The Bertz CT molecular complexity index is 614. The van der Waals surface area contributed by atoms with Gasteiger partial charge in [-0.3, -0.25) is 0 Å². The van der Waals surface area contributed by atoms with Crippen LogP contribution in [-0.4, -0.2) is 6.61 Å². The lowest BCUT2D eigenvalue weighted by Gasteiger charge is -2.11. The molecule has 0 fully saturated rings. The van der Waals surface area contributed by atoms with E-state index < -0.39 is 0 Å². The van der Waals surface area contributed by atoms with Crippen molar-refractivity contribution in [1.82, 2.24) is 0 Å². The van der Waals surface area contributed by atoms with Crippen LogP contribution < -0.4 is 10.1 Å². The lowest BCUT2D eigenvalue weighted by atomic mass is 10.1. The highest BCUT2D eigenvalue weighted by molar-refractivity contribution is 5.47. The monoisotopic (exact) mass is 270 g/mol. The van der Waals surface area contributed by atoms with Crippen LogP contribution in [0.2, 0.25) is 0 Å². The maximum atomic E-state index is 13.3. The molecule has 3 nitrogen and oxygen atoms in total. The molecule has 2 aromatic rings. The Morgan fingerprint density at radius 3 is 2.80 bits per heavy atom. The highest BCUT2D eigenvalue weighted by atomic mass is 19.1. The van der Waals surface area contributed by atoms with Crippen LogP contribution in [0.4, 0.5) is 10.1 Å². The van der Waals surface area contributed by atoms with E-state index in [1.807, 2.05) is 43.3 Å². The Kier molecular flexibility index (Phi) is 4.56. The fourth-order valence-electron chi connectivity index (χ4n) is 1.94. The molecule has 0 aromatic heterocycles. The molecule has 0 radical (unpaired) electrons. The minimum atomic E-state index is -0.262. The van der Waals surface area contributed by atoms with E-state index >= 15 is 0 Å². The van der Waals surface area contributed by atoms with E-state index in [-0.39, 0.29) is 12.4 Å². The molecule has 0 amide bonds. The SMILES string of the molecule is Cc1cc(F)cc(NCc2ccccc2OCC#N)c1. The summed E-state index contributed by atoms with van der Waals surface area (Å²) in [5.74, 6) is 0.399. The smallest absolute Gasteiger partial charge is 0.174 e. The maximum absolute atomic E-state index is 13.3. The van der Waals surface area contributed by atoms with Gasteiger partial charge in [0.1, 0.15) is 17.6 Å². The first-order chi connectivity index (χ1) is 9.69. The summed E-state index contributed by atoms with van der Waals surface area (Å²) in [4.78, 5) is 0. The molecule has 0 saturated carbocycles. The summed E-state index contributed by atoms with van der Waals surface area (Å²) < 4.78 is 18.6. The number of rotatable bonds is 5. The third-order valence-corrected chi connectivity index (χ3v) is 2.79. The number of nitrogens with zero attached hydrogens (tertiary/aromatic N) is 1. The summed E-state index contributed by atoms with van der Waals surface area (Å²) in [6, 6.07) is 14.2. The van der Waals surface area contributed by atoms with Crippen LogP contribution >= 0.6 is 0 Å². The molecule has 0 aliphatic heterocycles. The van der Waals surface area contributed by atoms with Crippen molar-refractivity contribution in [1.29, 1.82) is 5.26 Å². The second-order valence-electron chi connectivity index (χ2n) is 4.43. The van der Waals surface area contributed by atoms with Gasteiger partial charge in [-0.1, -0.05) is 18.2 Å². The lowest BCUT2D eigenvalue weighted by molar-refractivity contribution is 0.364. The van der Waals surface area contributed by atoms with E-state index in [1.54, 1.807) is 0 Å². The van der Waals surface area contributed by atoms with Crippen LogP contribution in [0.1, 0.15) is 11.1 Å². The Hall–Kier alpha value is -2.54. The van der Waals surface area contributed by atoms with Crippen molar-refractivity contribution in [3.63, 3.8) is 0 Å². The minimum Gasteiger partial charge on any atom is -0.478 e. The predicted molar refractivity (Wildman–Crippen MR) is 76.0 cm³/mol. The highest BCUT2D eigenvalue weighted by Gasteiger charge is 2.03. The summed E-state index contributed by atoms with van der Waals surface area (Å²) in [6.45, 7) is 2.36. The van der Waals surface area contributed by atoms with Gasteiger partial charge >= 0.3 is 0 Å². The summed E-state index contributed by atoms with van der Waals surface area (Å²) in [5.41, 5.74) is 2.50. The quantitative estimate of drug-likeness (QED) is 0.902. The van der Waals surface area contributed by atoms with Crippen LogP contribution in [0.3, 0.4) is 0 Å². The largest absolute Gasteiger partial charge is 0.478 e. The van der Waals surface area contributed by atoms with Crippen molar-refractivity contribution in [3.8, 4) is 11.8 Å². The number of hydrogen-bond acceptors (Lipinski definition) is 3. The summed E-state index contributed by atoms with van der Waals surface area (Å²) in [5, 5.41) is 11.7. The number of hydrogen-bond donors (Lipinski definition) is 1. The molecule has 0 heterocycles. The van der Waals surface area contributed by atoms with Gasteiger partial charge in [-0.25, -0.2) is 4.39 Å². The second-order valence-corrected chi connectivity index (χ2v) is 4.43. The summed E-state index contributed by atoms with van der Waals surface area (Å²) >= 11 is 0. The minimum absolute atomic E-state index is 0.0100. The van der Waals surface area contributed by atoms with Crippen molar-refractivity contribution in [3.05, 3.63) is 59.4 Å². The van der Waals surface area contributed by atoms with E-state index in [1.165, 1.54) is 12.1 Å². The fraction of sp³-hybridized carbons (Fsp3) is 0.188. The zero-order chi connectivity index (χ0) is 14.4. The molecule has 0 atom stereocenters. The Morgan fingerprint density at radius 1 is 1.25 bits per heavy atom. The van der Waals surface area contributed by atoms with Gasteiger partial charge in [0.25, 0.3) is 0 Å². The summed E-state index contributed by atoms with van der Waals surface area (Å²) in [6.07, 6.45) is 0. The molecular formula is C16H15FN2O. The fourth-order valence-corrected chi connectivity index (χ4v) is 1.94. The van der Waals surface area contributed by atoms with Gasteiger partial charge < -0.3 is 10.1 Å². The van der Waals surface area contributed by atoms with Gasteiger partial charge in [0, 0.05) is 17.8 Å². The number of nitriles is 1. The zero-order valence-corrected chi connectivity index (χ0v) is 11.2. The molecule has 2 rings (SSSR count). The normalized spacial score (nSPS) is 9.85. The first-order valence-corrected chi connectivity index (χ1v) is 6.28. The molecule has 2 aromatic carbocycles. The molecule has 0 spiro atoms. The van der Waals surface area contributed by atoms with Gasteiger partial charge in [-0.05, 0) is 36.8 Å². The number of halogens is 1. The third kappa shape index (κ3) is 3.72. The number of anilines is 1. The first-order valence-electron chi connectivity index (χ1n) is 6.28. The average Bonchev–Trinajstić information content (AvgIpc) is 2.43. The van der Waals surface area contributed by atoms with Crippen LogP contribution in [0, 0.1) is 24.1 Å². The Labute approximate surface area is 117 Å². The van der Waals surface area contributed by atoms with Crippen molar-refractivity contribution < 1.29 is 9.13 Å². The van der Waals surface area contributed by atoms with Gasteiger partial charge in [0.15, 0.2) is 6.61 Å². The Balaban J connectivity index is 2.08. The van der Waals surface area contributed by atoms with Crippen LogP contribution in [0.5, 0.6) is 5.75 Å². The van der Waals surface area contributed by atoms with E-state index in [0.29, 0.717) is 12.3 Å². The average molecular weight is 270 g/mol. The molecule has 0 aliphatic carbocycles. The Morgan fingerprint density at radius 2 is 2.05 bits per heavy atom. The van der Waals surface area contributed by atoms with Gasteiger partial charge in [0.2, 0.25) is 0 Å². The number of ether oxygens (including phenoxy) is 1. The topological polar surface area (TPSA) is 45.0 Å². The van der Waals surface area contributed by atoms with E-state index in [4.69, 9.17) is 10.00 Å². The number of nitrogens with one attached hydrogen (secondary N) is 1. The molecule has 102 valence electrons. The van der Waals surface area contributed by atoms with E-state index in [2.05, 4.69) is 5.32 Å². The van der Waals surface area contributed by atoms with Gasteiger partial charge in [-0.2, -0.15) is 5.26 Å². The van der Waals surface area contributed by atoms with E-state index in [0.717, 1.165) is 16.8 Å². The van der Waals surface area contributed by atoms with Crippen molar-refractivity contribution in [2.75, 3.05) is 11.9 Å². The molecular weight excluding hydrogens is 255 g/mol. The van der Waals surface area contributed by atoms with Crippen molar-refractivity contribution in [2.45, 2.75) is 13.5 Å². The van der Waals surface area contributed by atoms with Crippen LogP contribution in [0.15, 0.2) is 42.5 Å². The molecule has 20 heavy (non-hydrogen) atoms. The van der Waals surface area contributed by atoms with Crippen molar-refractivity contribution >= 4 is 5.69 Å². The van der Waals surface area contributed by atoms with Crippen LogP contribution in [0.25, 0.3) is 0 Å². The first kappa shape index (κ1) is 13.9. The maximum Gasteiger partial charge on any atom is 0.174 e. The summed E-state index contributed by atoms with van der Waals surface area (Å²) in [7, 11) is 0. The zero-order valence-electron chi connectivity index (χ0n) is 11.2. The van der Waals surface area contributed by atoms with Crippen LogP contribution in [-0.2, 0) is 6.54 Å². The van der Waals surface area contributed by atoms with E-state index in [9.17, 15) is 4.39 Å². The molecule has 0 bridgehead atoms. The molecule has 0 unspecified atom stereocenters. The third-order valence-electron chi connectivity index (χ3n) is 2.79. The van der Waals surface area contributed by atoms with Gasteiger partial charge in [0.05, 0.1) is 0 Å². The second kappa shape index (κ2) is 6.58. The number of aryl methyl sites for hydroxylation is 1. The predicted octanol–water partition coefficient (Wildman–Crippen LogP) is 3.65. The molecule has 0 aliphatic rings. The highest BCUT2D eigenvalue weighted by Crippen LogP contribution is 2.20.